The van der Waals surface area contributed by atoms with Gasteiger partial charge in [-0.2, -0.15) is 0 Å². The van der Waals surface area contributed by atoms with Crippen molar-refractivity contribution in [2.75, 3.05) is 13.1 Å². The number of aryl methyl sites for hydroxylation is 1. The normalized spacial score (nSPS) is 15.1. The summed E-state index contributed by atoms with van der Waals surface area (Å²) < 4.78 is 7.63. The predicted octanol–water partition coefficient (Wildman–Crippen LogP) is 4.22. The second-order valence-corrected chi connectivity index (χ2v) is 6.62. The topological polar surface area (TPSA) is 38.4 Å². The zero-order chi connectivity index (χ0) is 16.5. The molecule has 0 radical (unpaired) electrons. The highest BCUT2D eigenvalue weighted by Gasteiger charge is 2.23. The Morgan fingerprint density at radius 1 is 1.08 bits per heavy atom. The minimum Gasteiger partial charge on any atom is -0.463 e. The van der Waals surface area contributed by atoms with E-state index in [1.54, 1.807) is 6.26 Å². The quantitative estimate of drug-likeness (QED) is 0.724. The molecule has 0 aliphatic carbocycles. The summed E-state index contributed by atoms with van der Waals surface area (Å²) in [5.74, 6) is 0.119. The average molecular weight is 322 g/mol. The van der Waals surface area contributed by atoms with E-state index >= 15 is 0 Å². The fourth-order valence-electron chi connectivity index (χ4n) is 3.46. The Labute approximate surface area is 141 Å². The molecule has 1 fully saturated rings. The molecule has 4 rings (SSSR count). The number of nitrogens with zero attached hydrogens (tertiary/aromatic N) is 2. The van der Waals surface area contributed by atoms with E-state index in [0.29, 0.717) is 6.54 Å². The van der Waals surface area contributed by atoms with Gasteiger partial charge in [-0.15, -0.1) is 0 Å². The molecule has 1 saturated heterocycles. The van der Waals surface area contributed by atoms with Gasteiger partial charge in [-0.05, 0) is 31.7 Å². The van der Waals surface area contributed by atoms with Gasteiger partial charge in [-0.3, -0.25) is 4.79 Å². The number of rotatable bonds is 3. The Kier molecular flexibility index (Phi) is 3.89. The number of amides is 1. The minimum absolute atomic E-state index is 0.119. The fourth-order valence-corrected chi connectivity index (χ4v) is 3.46. The Bertz CT molecular complexity index is 852. The second-order valence-electron chi connectivity index (χ2n) is 6.62. The van der Waals surface area contributed by atoms with Crippen molar-refractivity contribution < 1.29 is 9.21 Å². The molecule has 2 aromatic heterocycles. The lowest BCUT2D eigenvalue weighted by molar-refractivity contribution is 0.0714. The molecule has 0 N–H and O–H groups in total. The summed E-state index contributed by atoms with van der Waals surface area (Å²) in [6.07, 6.45) is 5.10. The smallest absolute Gasteiger partial charge is 0.270 e. The van der Waals surface area contributed by atoms with E-state index in [1.807, 2.05) is 17.0 Å². The molecule has 4 nitrogen and oxygen atoms in total. The third-order valence-electron chi connectivity index (χ3n) is 4.85. The lowest BCUT2D eigenvalue weighted by Crippen LogP contribution is -2.36. The van der Waals surface area contributed by atoms with E-state index in [2.05, 4.69) is 35.8 Å². The van der Waals surface area contributed by atoms with Gasteiger partial charge in [0.25, 0.3) is 5.91 Å². The summed E-state index contributed by atoms with van der Waals surface area (Å²) in [6, 6.07) is 12.3. The number of fused-ring (bicyclic) bond motifs is 1. The highest BCUT2D eigenvalue weighted by atomic mass is 16.3. The van der Waals surface area contributed by atoms with E-state index < -0.39 is 0 Å². The van der Waals surface area contributed by atoms with Crippen LogP contribution in [0.5, 0.6) is 0 Å². The van der Waals surface area contributed by atoms with Crippen LogP contribution in [0, 0.1) is 6.92 Å². The van der Waals surface area contributed by atoms with Crippen molar-refractivity contribution in [1.82, 2.24) is 9.47 Å². The van der Waals surface area contributed by atoms with Gasteiger partial charge in [0.2, 0.25) is 0 Å². The number of piperidine rings is 1. The van der Waals surface area contributed by atoms with E-state index in [4.69, 9.17) is 4.42 Å². The van der Waals surface area contributed by atoms with Crippen LogP contribution in [0.25, 0.3) is 11.1 Å². The Hall–Kier alpha value is -2.49. The van der Waals surface area contributed by atoms with E-state index in [-0.39, 0.29) is 5.91 Å². The minimum atomic E-state index is 0.119. The molecule has 0 atom stereocenters. The first-order valence-corrected chi connectivity index (χ1v) is 8.64. The second kappa shape index (κ2) is 6.19. The van der Waals surface area contributed by atoms with E-state index in [9.17, 15) is 4.79 Å². The first kappa shape index (κ1) is 15.1. The van der Waals surface area contributed by atoms with E-state index in [1.165, 1.54) is 17.5 Å². The van der Waals surface area contributed by atoms with Crippen molar-refractivity contribution in [2.45, 2.75) is 32.7 Å². The molecule has 124 valence electrons. The van der Waals surface area contributed by atoms with Crippen LogP contribution < -0.4 is 0 Å². The van der Waals surface area contributed by atoms with Crippen molar-refractivity contribution in [2.24, 2.45) is 0 Å². The zero-order valence-electron chi connectivity index (χ0n) is 14.0. The summed E-state index contributed by atoms with van der Waals surface area (Å²) in [4.78, 5) is 15.0. The number of benzene rings is 1. The van der Waals surface area contributed by atoms with Crippen molar-refractivity contribution in [3.05, 3.63) is 59.5 Å². The zero-order valence-corrected chi connectivity index (χ0v) is 14.0. The molecule has 0 saturated carbocycles. The first-order valence-electron chi connectivity index (χ1n) is 8.64. The maximum Gasteiger partial charge on any atom is 0.270 e. The van der Waals surface area contributed by atoms with Crippen molar-refractivity contribution in [1.29, 1.82) is 0 Å². The highest BCUT2D eigenvalue weighted by molar-refractivity contribution is 5.97. The fraction of sp³-hybridized carbons (Fsp3) is 0.350. The molecule has 4 heteroatoms. The van der Waals surface area contributed by atoms with Gasteiger partial charge in [0.15, 0.2) is 5.58 Å². The molecular weight excluding hydrogens is 300 g/mol. The Balaban J connectivity index is 1.71. The van der Waals surface area contributed by atoms with Gasteiger partial charge in [0.05, 0.1) is 11.8 Å². The summed E-state index contributed by atoms with van der Waals surface area (Å²) in [5, 5.41) is 0. The molecule has 1 aliphatic heterocycles. The molecule has 3 heterocycles. The third kappa shape index (κ3) is 2.73. The SMILES string of the molecule is Cc1ccc(Cn2c(C(=O)N3CCCCC3)cc3occc32)cc1. The summed E-state index contributed by atoms with van der Waals surface area (Å²) in [7, 11) is 0. The largest absolute Gasteiger partial charge is 0.463 e. The molecule has 0 bridgehead atoms. The number of hydrogen-bond donors (Lipinski definition) is 0. The van der Waals surface area contributed by atoms with Crippen LogP contribution in [0.4, 0.5) is 0 Å². The Morgan fingerprint density at radius 3 is 2.58 bits per heavy atom. The number of carbonyl (C=O) groups excluding carboxylic acids is 1. The van der Waals surface area contributed by atoms with Crippen LogP contribution in [-0.4, -0.2) is 28.5 Å². The van der Waals surface area contributed by atoms with Crippen LogP contribution >= 0.6 is 0 Å². The average Bonchev–Trinajstić information content (AvgIpc) is 3.19. The van der Waals surface area contributed by atoms with Crippen LogP contribution in [0.15, 0.2) is 47.1 Å². The van der Waals surface area contributed by atoms with Gasteiger partial charge < -0.3 is 13.9 Å². The lowest BCUT2D eigenvalue weighted by atomic mass is 10.1. The summed E-state index contributed by atoms with van der Waals surface area (Å²) >= 11 is 0. The summed E-state index contributed by atoms with van der Waals surface area (Å²) in [5.41, 5.74) is 4.92. The first-order chi connectivity index (χ1) is 11.7. The molecule has 1 aliphatic rings. The lowest BCUT2D eigenvalue weighted by Gasteiger charge is -2.27. The van der Waals surface area contributed by atoms with Crippen LogP contribution in [0.2, 0.25) is 0 Å². The van der Waals surface area contributed by atoms with Gasteiger partial charge in [0.1, 0.15) is 5.69 Å². The Morgan fingerprint density at radius 2 is 1.83 bits per heavy atom. The molecule has 0 unspecified atom stereocenters. The predicted molar refractivity (Wildman–Crippen MR) is 94.2 cm³/mol. The highest BCUT2D eigenvalue weighted by Crippen LogP contribution is 2.24. The third-order valence-corrected chi connectivity index (χ3v) is 4.85. The van der Waals surface area contributed by atoms with Crippen LogP contribution in [0.3, 0.4) is 0 Å². The molecule has 3 aromatic rings. The van der Waals surface area contributed by atoms with E-state index in [0.717, 1.165) is 42.7 Å². The van der Waals surface area contributed by atoms with Gasteiger partial charge in [-0.25, -0.2) is 0 Å². The number of hydrogen-bond acceptors (Lipinski definition) is 2. The maximum atomic E-state index is 13.0. The summed E-state index contributed by atoms with van der Waals surface area (Å²) in [6.45, 7) is 4.48. The molecular formula is C20H22N2O2. The van der Waals surface area contributed by atoms with Crippen molar-refractivity contribution >= 4 is 17.0 Å². The van der Waals surface area contributed by atoms with Crippen LogP contribution in [-0.2, 0) is 6.54 Å². The number of carbonyl (C=O) groups is 1. The monoisotopic (exact) mass is 322 g/mol. The number of likely N-dealkylation sites (tertiary alicyclic amines) is 1. The van der Waals surface area contributed by atoms with Gasteiger partial charge in [-0.1, -0.05) is 29.8 Å². The standard InChI is InChI=1S/C20H22N2O2/c1-15-5-7-16(8-6-15)14-22-17-9-12-24-19(17)13-18(22)20(23)21-10-3-2-4-11-21/h5-9,12-13H,2-4,10-11,14H2,1H3. The van der Waals surface area contributed by atoms with Crippen molar-refractivity contribution in [3.8, 4) is 0 Å². The molecule has 24 heavy (non-hydrogen) atoms. The number of aromatic nitrogens is 1. The number of furan rings is 1. The van der Waals surface area contributed by atoms with Gasteiger partial charge in [0, 0.05) is 31.8 Å². The van der Waals surface area contributed by atoms with Gasteiger partial charge >= 0.3 is 0 Å². The maximum absolute atomic E-state index is 13.0. The molecule has 1 amide bonds. The molecule has 0 spiro atoms. The van der Waals surface area contributed by atoms with Crippen molar-refractivity contribution in [3.63, 3.8) is 0 Å². The molecule has 1 aromatic carbocycles. The van der Waals surface area contributed by atoms with Crippen LogP contribution in [0.1, 0.15) is 40.9 Å².